The van der Waals surface area contributed by atoms with Gasteiger partial charge in [-0.1, -0.05) is 0 Å². The Hall–Kier alpha value is -0.220. The highest BCUT2D eigenvalue weighted by Crippen LogP contribution is 2.12. The van der Waals surface area contributed by atoms with E-state index in [-0.39, 0.29) is 18.0 Å². The molecule has 82 valence electrons. The molecule has 14 heavy (non-hydrogen) atoms. The number of hydrogen-bond acceptors (Lipinski definition) is 3. The molecule has 0 spiro atoms. The van der Waals surface area contributed by atoms with Gasteiger partial charge in [0.25, 0.3) is 0 Å². The first kappa shape index (κ1) is 11.9. The molecule has 0 unspecified atom stereocenters. The summed E-state index contributed by atoms with van der Waals surface area (Å²) in [5.74, 6) is 2.46. The van der Waals surface area contributed by atoms with E-state index in [9.17, 15) is 4.79 Å². The largest absolute Gasteiger partial charge is 0.353 e. The zero-order valence-electron chi connectivity index (χ0n) is 9.25. The molecule has 0 bridgehead atoms. The van der Waals surface area contributed by atoms with Crippen LogP contribution in [0, 0.1) is 0 Å². The van der Waals surface area contributed by atoms with Crippen molar-refractivity contribution in [2.75, 3.05) is 24.6 Å². The third-order valence-electron chi connectivity index (χ3n) is 2.40. The van der Waals surface area contributed by atoms with E-state index in [0.717, 1.165) is 24.6 Å². The van der Waals surface area contributed by atoms with Crippen LogP contribution in [0.5, 0.6) is 0 Å². The van der Waals surface area contributed by atoms with Crippen LogP contribution < -0.4 is 5.32 Å². The molecule has 1 rings (SSSR count). The molecule has 0 radical (unpaired) electrons. The van der Waals surface area contributed by atoms with Crippen LogP contribution in [0.15, 0.2) is 0 Å². The topological polar surface area (TPSA) is 32.3 Å². The van der Waals surface area contributed by atoms with Crippen molar-refractivity contribution in [2.45, 2.75) is 32.9 Å². The minimum absolute atomic E-state index is 0.0262. The van der Waals surface area contributed by atoms with Crippen LogP contribution in [0.25, 0.3) is 0 Å². The molecular formula is C10H20N2OS. The van der Waals surface area contributed by atoms with E-state index in [1.165, 1.54) is 0 Å². The van der Waals surface area contributed by atoms with Crippen LogP contribution in [-0.4, -0.2) is 47.5 Å². The quantitative estimate of drug-likeness (QED) is 0.762. The van der Waals surface area contributed by atoms with Crippen molar-refractivity contribution in [1.29, 1.82) is 0 Å². The first-order chi connectivity index (χ1) is 6.61. The molecule has 1 heterocycles. The number of carbonyl (C=O) groups is 1. The Bertz CT molecular complexity index is 191. The van der Waals surface area contributed by atoms with E-state index in [1.807, 2.05) is 32.5 Å². The third-order valence-corrected chi connectivity index (χ3v) is 3.35. The van der Waals surface area contributed by atoms with Crippen molar-refractivity contribution in [2.24, 2.45) is 0 Å². The van der Waals surface area contributed by atoms with Gasteiger partial charge < -0.3 is 5.32 Å². The second-order valence-corrected chi connectivity index (χ2v) is 5.21. The Kier molecular flexibility index (Phi) is 4.75. The zero-order valence-corrected chi connectivity index (χ0v) is 10.1. The van der Waals surface area contributed by atoms with Gasteiger partial charge in [-0.15, -0.1) is 0 Å². The maximum absolute atomic E-state index is 11.7. The minimum atomic E-state index is 0.0262. The number of nitrogens with zero attached hydrogens (tertiary/aromatic N) is 1. The number of carbonyl (C=O) groups excluding carboxylic acids is 1. The fourth-order valence-electron chi connectivity index (χ4n) is 1.54. The predicted octanol–water partition coefficient (Wildman–Crippen LogP) is 0.948. The molecule has 1 amide bonds. The van der Waals surface area contributed by atoms with Gasteiger partial charge in [-0.05, 0) is 20.8 Å². The van der Waals surface area contributed by atoms with Crippen molar-refractivity contribution in [3.8, 4) is 0 Å². The van der Waals surface area contributed by atoms with Crippen LogP contribution in [0.3, 0.4) is 0 Å². The Labute approximate surface area is 90.6 Å². The van der Waals surface area contributed by atoms with Crippen LogP contribution in [0.1, 0.15) is 20.8 Å². The van der Waals surface area contributed by atoms with Crippen LogP contribution in [0.4, 0.5) is 0 Å². The molecule has 1 aliphatic heterocycles. The van der Waals surface area contributed by atoms with E-state index >= 15 is 0 Å². The second kappa shape index (κ2) is 5.61. The number of rotatable bonds is 3. The van der Waals surface area contributed by atoms with Crippen LogP contribution in [0.2, 0.25) is 0 Å². The van der Waals surface area contributed by atoms with Crippen LogP contribution in [-0.2, 0) is 4.79 Å². The molecule has 0 aromatic carbocycles. The average Bonchev–Trinajstić information content (AvgIpc) is 2.17. The van der Waals surface area contributed by atoms with Gasteiger partial charge in [0, 0.05) is 30.6 Å². The Morgan fingerprint density at radius 3 is 2.36 bits per heavy atom. The highest BCUT2D eigenvalue weighted by Gasteiger charge is 2.22. The van der Waals surface area contributed by atoms with Gasteiger partial charge in [0.05, 0.1) is 6.04 Å². The fourth-order valence-corrected chi connectivity index (χ4v) is 2.47. The van der Waals surface area contributed by atoms with E-state index in [4.69, 9.17) is 0 Å². The molecule has 1 fully saturated rings. The molecule has 1 atom stereocenters. The Morgan fingerprint density at radius 1 is 1.29 bits per heavy atom. The molecule has 1 N–H and O–H groups in total. The third kappa shape index (κ3) is 3.50. The van der Waals surface area contributed by atoms with Crippen molar-refractivity contribution in [3.05, 3.63) is 0 Å². The first-order valence-corrected chi connectivity index (χ1v) is 6.39. The lowest BCUT2D eigenvalue weighted by Crippen LogP contribution is -2.49. The molecule has 3 nitrogen and oxygen atoms in total. The first-order valence-electron chi connectivity index (χ1n) is 5.23. The fraction of sp³-hybridized carbons (Fsp3) is 0.900. The number of amides is 1. The summed E-state index contributed by atoms with van der Waals surface area (Å²) >= 11 is 1.97. The van der Waals surface area contributed by atoms with Gasteiger partial charge in [0.1, 0.15) is 0 Å². The zero-order chi connectivity index (χ0) is 10.6. The predicted molar refractivity (Wildman–Crippen MR) is 61.6 cm³/mol. The Morgan fingerprint density at radius 2 is 1.86 bits per heavy atom. The number of hydrogen-bond donors (Lipinski definition) is 1. The summed E-state index contributed by atoms with van der Waals surface area (Å²) in [4.78, 5) is 14.0. The smallest absolute Gasteiger partial charge is 0.237 e. The molecule has 0 saturated carbocycles. The average molecular weight is 216 g/mol. The van der Waals surface area contributed by atoms with Gasteiger partial charge in [-0.2, -0.15) is 11.8 Å². The molecule has 1 aliphatic rings. The summed E-state index contributed by atoms with van der Waals surface area (Å²) in [5, 5.41) is 2.95. The molecular weight excluding hydrogens is 196 g/mol. The van der Waals surface area contributed by atoms with Crippen LogP contribution >= 0.6 is 11.8 Å². The van der Waals surface area contributed by atoms with Gasteiger partial charge in [-0.25, -0.2) is 0 Å². The molecule has 0 aliphatic carbocycles. The normalized spacial score (nSPS) is 20.9. The lowest BCUT2D eigenvalue weighted by atomic mass is 10.2. The standard InChI is InChI=1S/C10H20N2OS/c1-8(2)11-10(13)9(3)12-4-6-14-7-5-12/h8-9H,4-7H2,1-3H3,(H,11,13)/t9-/m1/s1. The maximum Gasteiger partial charge on any atom is 0.237 e. The van der Waals surface area contributed by atoms with E-state index in [0.29, 0.717) is 0 Å². The summed E-state index contributed by atoms with van der Waals surface area (Å²) < 4.78 is 0. The number of thioether (sulfide) groups is 1. The summed E-state index contributed by atoms with van der Waals surface area (Å²) in [6, 6.07) is 0.266. The SMILES string of the molecule is CC(C)NC(=O)[C@@H](C)N1CCSCC1. The van der Waals surface area contributed by atoms with Crippen molar-refractivity contribution < 1.29 is 4.79 Å². The van der Waals surface area contributed by atoms with Crippen molar-refractivity contribution in [3.63, 3.8) is 0 Å². The maximum atomic E-state index is 11.7. The van der Waals surface area contributed by atoms with E-state index < -0.39 is 0 Å². The molecule has 0 aromatic rings. The highest BCUT2D eigenvalue weighted by molar-refractivity contribution is 7.99. The van der Waals surface area contributed by atoms with Gasteiger partial charge in [0.15, 0.2) is 0 Å². The van der Waals surface area contributed by atoms with Crippen molar-refractivity contribution in [1.82, 2.24) is 10.2 Å². The molecule has 1 saturated heterocycles. The summed E-state index contributed by atoms with van der Waals surface area (Å²) in [5.41, 5.74) is 0. The lowest BCUT2D eigenvalue weighted by molar-refractivity contribution is -0.126. The van der Waals surface area contributed by atoms with Gasteiger partial charge in [-0.3, -0.25) is 9.69 Å². The highest BCUT2D eigenvalue weighted by atomic mass is 32.2. The monoisotopic (exact) mass is 216 g/mol. The summed E-state index contributed by atoms with van der Waals surface area (Å²) in [6.45, 7) is 8.07. The lowest BCUT2D eigenvalue weighted by Gasteiger charge is -2.31. The minimum Gasteiger partial charge on any atom is -0.353 e. The van der Waals surface area contributed by atoms with E-state index in [2.05, 4.69) is 10.2 Å². The van der Waals surface area contributed by atoms with Gasteiger partial charge >= 0.3 is 0 Å². The molecule has 4 heteroatoms. The summed E-state index contributed by atoms with van der Waals surface area (Å²) in [7, 11) is 0. The number of nitrogens with one attached hydrogen (secondary N) is 1. The summed E-state index contributed by atoms with van der Waals surface area (Å²) in [6.07, 6.45) is 0. The van der Waals surface area contributed by atoms with Crippen molar-refractivity contribution >= 4 is 17.7 Å². The Balaban J connectivity index is 2.38. The van der Waals surface area contributed by atoms with E-state index in [1.54, 1.807) is 0 Å². The molecule has 0 aromatic heterocycles. The second-order valence-electron chi connectivity index (χ2n) is 3.99. The van der Waals surface area contributed by atoms with Gasteiger partial charge in [0.2, 0.25) is 5.91 Å².